The fourth-order valence-electron chi connectivity index (χ4n) is 3.14. The number of anilines is 1. The average Bonchev–Trinajstić information content (AvgIpc) is 3.06. The maximum absolute atomic E-state index is 12.7. The second kappa shape index (κ2) is 8.12. The van der Waals surface area contributed by atoms with E-state index in [-0.39, 0.29) is 29.2 Å². The van der Waals surface area contributed by atoms with Gasteiger partial charge in [0.1, 0.15) is 10.4 Å². The Kier molecular flexibility index (Phi) is 5.88. The molecule has 2 aromatic carbocycles. The van der Waals surface area contributed by atoms with Gasteiger partial charge in [0, 0.05) is 17.7 Å². The molecule has 13 nitrogen and oxygen atoms in total. The number of benzene rings is 2. The highest BCUT2D eigenvalue weighted by Crippen LogP contribution is 2.37. The number of hydrazone groups is 1. The highest BCUT2D eigenvalue weighted by atomic mass is 32.2. The van der Waals surface area contributed by atoms with Crippen LogP contribution in [0, 0.1) is 0 Å². The normalized spacial score (nSPS) is 12.9. The molecule has 0 saturated heterocycles. The third-order valence-corrected chi connectivity index (χ3v) is 7.20. The first kappa shape index (κ1) is 22.4. The van der Waals surface area contributed by atoms with Gasteiger partial charge in [-0.1, -0.05) is 18.2 Å². The van der Waals surface area contributed by atoms with E-state index in [0.717, 1.165) is 6.07 Å². The van der Waals surface area contributed by atoms with Crippen LogP contribution in [-0.4, -0.2) is 40.0 Å². The fraction of sp³-hybridized carbons (Fsp3) is 0.125. The van der Waals surface area contributed by atoms with Gasteiger partial charge in [0.2, 0.25) is 10.0 Å². The van der Waals surface area contributed by atoms with Crippen LogP contribution < -0.4 is 33.7 Å². The van der Waals surface area contributed by atoms with Gasteiger partial charge in [0.05, 0.1) is 10.6 Å². The molecule has 11 N–H and O–H groups in total. The van der Waals surface area contributed by atoms with Crippen LogP contribution in [0.2, 0.25) is 0 Å². The first-order chi connectivity index (χ1) is 14.5. The molecule has 0 unspecified atom stereocenters. The predicted octanol–water partition coefficient (Wildman–Crippen LogP) is -1.46. The molecular formula is C16H20N8O5S2. The summed E-state index contributed by atoms with van der Waals surface area (Å²) in [5, 5.41) is 9.03. The second-order valence-electron chi connectivity index (χ2n) is 6.30. The van der Waals surface area contributed by atoms with Gasteiger partial charge in [-0.05, 0) is 17.7 Å². The molecule has 0 atom stereocenters. The van der Waals surface area contributed by atoms with Crippen molar-refractivity contribution in [2.75, 3.05) is 18.0 Å². The van der Waals surface area contributed by atoms with E-state index in [4.69, 9.17) is 32.6 Å². The number of sulfonamides is 1. The van der Waals surface area contributed by atoms with E-state index in [0.29, 0.717) is 11.1 Å². The van der Waals surface area contributed by atoms with Crippen molar-refractivity contribution in [1.82, 2.24) is 10.5 Å². The number of amidine groups is 1. The molecule has 15 heteroatoms. The van der Waals surface area contributed by atoms with Gasteiger partial charge in [-0.2, -0.15) is 4.98 Å². The third kappa shape index (κ3) is 4.17. The molecule has 0 radical (unpaired) electrons. The summed E-state index contributed by atoms with van der Waals surface area (Å²) in [7, 11) is -8.76. The molecule has 0 bridgehead atoms. The van der Waals surface area contributed by atoms with Crippen LogP contribution in [0.4, 0.5) is 6.01 Å². The van der Waals surface area contributed by atoms with Crippen molar-refractivity contribution in [2.45, 2.75) is 9.79 Å². The van der Waals surface area contributed by atoms with Gasteiger partial charge < -0.3 is 21.6 Å². The lowest BCUT2D eigenvalue weighted by Crippen LogP contribution is -2.29. The summed E-state index contributed by atoms with van der Waals surface area (Å²) in [5.41, 5.74) is 19.8. The number of hydrogen-bond donors (Lipinski definition) is 6. The number of para-hydroxylation sites is 1. The number of nitrogen functional groups attached to an aromatic ring is 1. The van der Waals surface area contributed by atoms with Gasteiger partial charge in [-0.15, -0.1) is 5.10 Å². The number of sulfone groups is 1. The largest absolute Gasteiger partial charge is 0.424 e. The minimum absolute atomic E-state index is 0.122. The number of hydrazine groups is 1. The molecule has 166 valence electrons. The Morgan fingerprint density at radius 1 is 1.13 bits per heavy atom. The third-order valence-electron chi connectivity index (χ3n) is 4.29. The summed E-state index contributed by atoms with van der Waals surface area (Å²) in [4.78, 5) is 2.79. The number of rotatable bonds is 7. The van der Waals surface area contributed by atoms with Crippen LogP contribution in [0.25, 0.3) is 22.2 Å². The highest BCUT2D eigenvalue weighted by Gasteiger charge is 2.31. The minimum Gasteiger partial charge on any atom is -0.424 e. The quantitative estimate of drug-likeness (QED) is 0.101. The topological polar surface area (TPSA) is 249 Å². The molecule has 0 aliphatic heterocycles. The summed E-state index contributed by atoms with van der Waals surface area (Å²) < 4.78 is 55.9. The number of nitrogens with two attached hydrogens (primary N) is 5. The Hall–Kier alpha value is -3.24. The van der Waals surface area contributed by atoms with Gasteiger partial charge in [-0.25, -0.2) is 33.4 Å². The van der Waals surface area contributed by atoms with E-state index in [2.05, 4.69) is 10.1 Å². The maximum atomic E-state index is 12.7. The number of primary sulfonamides is 1. The van der Waals surface area contributed by atoms with Crippen LogP contribution in [0.3, 0.4) is 0 Å². The Morgan fingerprint density at radius 2 is 1.84 bits per heavy atom. The summed E-state index contributed by atoms with van der Waals surface area (Å²) in [5.74, 6) is 4.25. The summed E-state index contributed by atoms with van der Waals surface area (Å²) in [6, 6.07) is 7.13. The fourth-order valence-corrected chi connectivity index (χ4v) is 5.91. The van der Waals surface area contributed by atoms with Crippen LogP contribution in [0.5, 0.6) is 0 Å². The lowest BCUT2D eigenvalue weighted by atomic mass is 9.98. The number of nitrogens with zero attached hydrogens (tertiary/aromatic N) is 2. The van der Waals surface area contributed by atoms with Crippen LogP contribution in [-0.2, 0) is 19.9 Å². The number of aromatic nitrogens is 1. The van der Waals surface area contributed by atoms with Crippen molar-refractivity contribution in [3.63, 3.8) is 0 Å². The van der Waals surface area contributed by atoms with E-state index in [1.807, 2.05) is 5.53 Å². The van der Waals surface area contributed by atoms with Crippen molar-refractivity contribution < 1.29 is 21.3 Å². The Morgan fingerprint density at radius 3 is 2.45 bits per heavy atom. The Bertz CT molecular complexity index is 1400. The first-order valence-corrected chi connectivity index (χ1v) is 11.8. The molecule has 0 amide bonds. The Balaban J connectivity index is 2.53. The average molecular weight is 469 g/mol. The van der Waals surface area contributed by atoms with Crippen LogP contribution in [0.15, 0.2) is 49.6 Å². The summed E-state index contributed by atoms with van der Waals surface area (Å²) >= 11 is 0. The van der Waals surface area contributed by atoms with Crippen molar-refractivity contribution >= 4 is 42.8 Å². The zero-order chi connectivity index (χ0) is 23.0. The van der Waals surface area contributed by atoms with E-state index in [9.17, 15) is 16.8 Å². The predicted molar refractivity (Wildman–Crippen MR) is 114 cm³/mol. The Labute approximate surface area is 177 Å². The van der Waals surface area contributed by atoms with Crippen molar-refractivity contribution in [3.05, 3.63) is 35.9 Å². The molecule has 0 saturated carbocycles. The van der Waals surface area contributed by atoms with Crippen molar-refractivity contribution in [1.29, 1.82) is 0 Å². The zero-order valence-corrected chi connectivity index (χ0v) is 17.6. The van der Waals surface area contributed by atoms with Gasteiger partial charge in [0.15, 0.2) is 21.3 Å². The molecule has 0 fully saturated rings. The minimum atomic E-state index is -4.63. The highest BCUT2D eigenvalue weighted by molar-refractivity contribution is 7.93. The molecule has 31 heavy (non-hydrogen) atoms. The van der Waals surface area contributed by atoms with E-state index in [1.54, 1.807) is 18.2 Å². The van der Waals surface area contributed by atoms with E-state index >= 15 is 0 Å². The standard InChI is InChI=1S/C16H20N8O5S2/c17-6-7-30(25,26)11-5-4-8(9-2-1-3-10-13(9)22-16(19)29-10)12(15(18)23-24-20)14(11)31(21,27)28/h1-5,24H,6-7,17,20H2,(H2,18,23)(H2,19,22)(H2,21,27,28). The van der Waals surface area contributed by atoms with E-state index in [1.165, 1.54) is 6.07 Å². The molecular weight excluding hydrogens is 448 g/mol. The van der Waals surface area contributed by atoms with Gasteiger partial charge >= 0.3 is 0 Å². The second-order valence-corrected chi connectivity index (χ2v) is 9.87. The van der Waals surface area contributed by atoms with Gasteiger partial charge in [-0.3, -0.25) is 0 Å². The zero-order valence-electron chi connectivity index (χ0n) is 15.9. The van der Waals surface area contributed by atoms with Crippen LogP contribution >= 0.6 is 0 Å². The molecule has 0 spiro atoms. The SMILES string of the molecule is NCCS(=O)(=O)c1ccc(-c2cccc3oc(N)nc23)c(/C(N)=N/NN)c1S(N)(=O)=O. The lowest BCUT2D eigenvalue weighted by molar-refractivity contribution is 0.583. The molecule has 1 aromatic heterocycles. The summed E-state index contributed by atoms with van der Waals surface area (Å²) in [6.07, 6.45) is 0. The van der Waals surface area contributed by atoms with Crippen molar-refractivity contribution in [3.8, 4) is 11.1 Å². The lowest BCUT2D eigenvalue weighted by Gasteiger charge is -2.17. The smallest absolute Gasteiger partial charge is 0.293 e. The molecule has 1 heterocycles. The number of oxazole rings is 1. The number of fused-ring (bicyclic) bond motifs is 1. The van der Waals surface area contributed by atoms with Gasteiger partial charge in [0.25, 0.3) is 6.01 Å². The van der Waals surface area contributed by atoms with Crippen LogP contribution in [0.1, 0.15) is 5.56 Å². The molecule has 3 rings (SSSR count). The number of hydrogen-bond acceptors (Lipinski definition) is 11. The maximum Gasteiger partial charge on any atom is 0.293 e. The van der Waals surface area contributed by atoms with E-state index < -0.39 is 41.2 Å². The molecule has 0 aliphatic rings. The molecule has 3 aromatic rings. The monoisotopic (exact) mass is 468 g/mol. The number of nitrogens with one attached hydrogen (secondary N) is 1. The van der Waals surface area contributed by atoms with Crippen molar-refractivity contribution in [2.24, 2.45) is 27.6 Å². The first-order valence-electron chi connectivity index (χ1n) is 8.58. The molecule has 0 aliphatic carbocycles. The summed E-state index contributed by atoms with van der Waals surface area (Å²) in [6.45, 7) is -0.241.